The molecule has 1 aromatic carbocycles. The summed E-state index contributed by atoms with van der Waals surface area (Å²) in [4.78, 5) is 11.6. The van der Waals surface area contributed by atoms with E-state index in [9.17, 15) is 4.79 Å². The van der Waals surface area contributed by atoms with Crippen LogP contribution in [0.15, 0.2) is 24.3 Å². The lowest BCUT2D eigenvalue weighted by atomic mass is 10.1. The summed E-state index contributed by atoms with van der Waals surface area (Å²) in [5.41, 5.74) is 0.792. The van der Waals surface area contributed by atoms with Gasteiger partial charge in [-0.3, -0.25) is 4.79 Å². The molecule has 0 saturated heterocycles. The molecule has 0 radical (unpaired) electrons. The van der Waals surface area contributed by atoms with Crippen LogP contribution in [0.5, 0.6) is 5.75 Å². The standard InChI is InChI=1S/C14H20N2O2S/c1-4-18-12-7-5-6-11(9-12)15-14(19)16-13(17)8-10(2)3/h5-7,9-10H,4,8H2,1-3H3,(H2,15,16,17,19). The van der Waals surface area contributed by atoms with Gasteiger partial charge in [0.25, 0.3) is 0 Å². The fourth-order valence-corrected chi connectivity index (χ4v) is 1.77. The Labute approximate surface area is 119 Å². The number of nitrogens with one attached hydrogen (secondary N) is 2. The molecule has 19 heavy (non-hydrogen) atoms. The van der Waals surface area contributed by atoms with E-state index in [-0.39, 0.29) is 5.91 Å². The molecule has 0 fully saturated rings. The van der Waals surface area contributed by atoms with Gasteiger partial charge >= 0.3 is 0 Å². The van der Waals surface area contributed by atoms with Gasteiger partial charge in [0, 0.05) is 18.2 Å². The number of carbonyl (C=O) groups excluding carboxylic acids is 1. The molecule has 0 aliphatic rings. The van der Waals surface area contributed by atoms with Crippen molar-refractivity contribution in [1.29, 1.82) is 0 Å². The van der Waals surface area contributed by atoms with Crippen molar-refractivity contribution in [2.24, 2.45) is 5.92 Å². The highest BCUT2D eigenvalue weighted by atomic mass is 32.1. The maximum atomic E-state index is 11.6. The number of hydrogen-bond acceptors (Lipinski definition) is 3. The van der Waals surface area contributed by atoms with Crippen LogP contribution in [0.25, 0.3) is 0 Å². The largest absolute Gasteiger partial charge is 0.494 e. The maximum Gasteiger partial charge on any atom is 0.226 e. The molecular formula is C14H20N2O2S. The molecule has 104 valence electrons. The molecule has 1 rings (SSSR count). The Kier molecular flexibility index (Phi) is 6.29. The van der Waals surface area contributed by atoms with Crippen LogP contribution in [-0.2, 0) is 4.79 Å². The molecule has 0 aromatic heterocycles. The molecule has 0 atom stereocenters. The smallest absolute Gasteiger partial charge is 0.226 e. The summed E-state index contributed by atoms with van der Waals surface area (Å²) in [6.45, 7) is 6.51. The van der Waals surface area contributed by atoms with Gasteiger partial charge in [0.05, 0.1) is 6.61 Å². The van der Waals surface area contributed by atoms with E-state index in [1.54, 1.807) is 0 Å². The van der Waals surface area contributed by atoms with Crippen molar-refractivity contribution in [3.05, 3.63) is 24.3 Å². The van der Waals surface area contributed by atoms with Crippen molar-refractivity contribution in [3.8, 4) is 5.75 Å². The Morgan fingerprint density at radius 3 is 2.79 bits per heavy atom. The third kappa shape index (κ3) is 6.20. The van der Waals surface area contributed by atoms with Crippen LogP contribution >= 0.6 is 12.2 Å². The lowest BCUT2D eigenvalue weighted by Gasteiger charge is -2.11. The minimum absolute atomic E-state index is 0.0755. The first-order valence-electron chi connectivity index (χ1n) is 6.35. The highest BCUT2D eigenvalue weighted by molar-refractivity contribution is 7.80. The second kappa shape index (κ2) is 7.74. The van der Waals surface area contributed by atoms with Crippen molar-refractivity contribution in [1.82, 2.24) is 5.32 Å². The quantitative estimate of drug-likeness (QED) is 0.814. The van der Waals surface area contributed by atoms with E-state index in [0.717, 1.165) is 11.4 Å². The van der Waals surface area contributed by atoms with Gasteiger partial charge in [-0.15, -0.1) is 0 Å². The van der Waals surface area contributed by atoms with Gasteiger partial charge in [-0.25, -0.2) is 0 Å². The summed E-state index contributed by atoms with van der Waals surface area (Å²) in [5, 5.41) is 5.92. The number of benzene rings is 1. The predicted molar refractivity (Wildman–Crippen MR) is 81.4 cm³/mol. The first kappa shape index (κ1) is 15.4. The highest BCUT2D eigenvalue weighted by Gasteiger charge is 2.07. The van der Waals surface area contributed by atoms with Gasteiger partial charge in [0.1, 0.15) is 5.75 Å². The van der Waals surface area contributed by atoms with Crippen molar-refractivity contribution in [2.45, 2.75) is 27.2 Å². The zero-order valence-electron chi connectivity index (χ0n) is 11.5. The summed E-state index contributed by atoms with van der Waals surface area (Å²) >= 11 is 5.09. The fourth-order valence-electron chi connectivity index (χ4n) is 1.54. The van der Waals surface area contributed by atoms with E-state index in [0.29, 0.717) is 24.1 Å². The van der Waals surface area contributed by atoms with Crippen molar-refractivity contribution in [2.75, 3.05) is 11.9 Å². The monoisotopic (exact) mass is 280 g/mol. The zero-order chi connectivity index (χ0) is 14.3. The number of thiocarbonyl (C=S) groups is 1. The van der Waals surface area contributed by atoms with Gasteiger partial charge in [-0.2, -0.15) is 0 Å². The SMILES string of the molecule is CCOc1cccc(NC(=S)NC(=O)CC(C)C)c1. The van der Waals surface area contributed by atoms with E-state index >= 15 is 0 Å². The molecule has 0 unspecified atom stereocenters. The number of amides is 1. The van der Waals surface area contributed by atoms with Gasteiger partial charge in [0.2, 0.25) is 5.91 Å². The number of hydrogen-bond donors (Lipinski definition) is 2. The Bertz CT molecular complexity index is 447. The van der Waals surface area contributed by atoms with Crippen LogP contribution in [0.3, 0.4) is 0 Å². The van der Waals surface area contributed by atoms with E-state index in [1.807, 2.05) is 45.0 Å². The van der Waals surface area contributed by atoms with Crippen LogP contribution in [0.1, 0.15) is 27.2 Å². The first-order chi connectivity index (χ1) is 9.01. The normalized spacial score (nSPS) is 10.1. The van der Waals surface area contributed by atoms with Crippen LogP contribution in [0.4, 0.5) is 5.69 Å². The third-order valence-electron chi connectivity index (χ3n) is 2.25. The molecule has 1 amide bonds. The highest BCUT2D eigenvalue weighted by Crippen LogP contribution is 2.17. The summed E-state index contributed by atoms with van der Waals surface area (Å²) < 4.78 is 5.39. The minimum atomic E-state index is -0.0755. The zero-order valence-corrected chi connectivity index (χ0v) is 12.3. The molecule has 1 aromatic rings. The van der Waals surface area contributed by atoms with E-state index in [1.165, 1.54) is 0 Å². The lowest BCUT2D eigenvalue weighted by molar-refractivity contribution is -0.120. The van der Waals surface area contributed by atoms with Crippen molar-refractivity contribution in [3.63, 3.8) is 0 Å². The van der Waals surface area contributed by atoms with Gasteiger partial charge in [0.15, 0.2) is 5.11 Å². The lowest BCUT2D eigenvalue weighted by Crippen LogP contribution is -2.34. The second-order valence-corrected chi connectivity index (χ2v) is 4.97. The van der Waals surface area contributed by atoms with Gasteiger partial charge < -0.3 is 15.4 Å². The molecule has 2 N–H and O–H groups in total. The van der Waals surface area contributed by atoms with Crippen molar-refractivity contribution >= 4 is 28.9 Å². The molecule has 0 heterocycles. The minimum Gasteiger partial charge on any atom is -0.494 e. The Morgan fingerprint density at radius 1 is 1.42 bits per heavy atom. The van der Waals surface area contributed by atoms with E-state index in [4.69, 9.17) is 17.0 Å². The molecule has 5 heteroatoms. The Hall–Kier alpha value is -1.62. The number of rotatable bonds is 5. The number of carbonyl (C=O) groups is 1. The molecule has 0 saturated carbocycles. The maximum absolute atomic E-state index is 11.6. The van der Waals surface area contributed by atoms with Crippen LogP contribution < -0.4 is 15.4 Å². The third-order valence-corrected chi connectivity index (χ3v) is 2.45. The second-order valence-electron chi connectivity index (χ2n) is 4.56. The average molecular weight is 280 g/mol. The summed E-state index contributed by atoms with van der Waals surface area (Å²) in [7, 11) is 0. The van der Waals surface area contributed by atoms with Crippen LogP contribution in [-0.4, -0.2) is 17.6 Å². The van der Waals surface area contributed by atoms with Gasteiger partial charge in [-0.05, 0) is 37.2 Å². The molecule has 0 aliphatic heterocycles. The van der Waals surface area contributed by atoms with E-state index < -0.39 is 0 Å². The Balaban J connectivity index is 2.52. The molecule has 4 nitrogen and oxygen atoms in total. The predicted octanol–water partition coefficient (Wildman–Crippen LogP) is 2.94. The van der Waals surface area contributed by atoms with Gasteiger partial charge in [-0.1, -0.05) is 19.9 Å². The van der Waals surface area contributed by atoms with E-state index in [2.05, 4.69) is 10.6 Å². The summed E-state index contributed by atoms with van der Waals surface area (Å²) in [5.74, 6) is 1.00. The Morgan fingerprint density at radius 2 is 2.16 bits per heavy atom. The topological polar surface area (TPSA) is 50.4 Å². The van der Waals surface area contributed by atoms with Crippen LogP contribution in [0.2, 0.25) is 0 Å². The summed E-state index contributed by atoms with van der Waals surface area (Å²) in [6, 6.07) is 7.44. The molecule has 0 bridgehead atoms. The summed E-state index contributed by atoms with van der Waals surface area (Å²) in [6.07, 6.45) is 0.459. The first-order valence-corrected chi connectivity index (χ1v) is 6.75. The molecular weight excluding hydrogens is 260 g/mol. The number of anilines is 1. The molecule has 0 aliphatic carbocycles. The van der Waals surface area contributed by atoms with Crippen molar-refractivity contribution < 1.29 is 9.53 Å². The van der Waals surface area contributed by atoms with Crippen LogP contribution in [0, 0.1) is 5.92 Å². The molecule has 0 spiro atoms. The fraction of sp³-hybridized carbons (Fsp3) is 0.429. The number of ether oxygens (including phenoxy) is 1. The average Bonchev–Trinajstić information content (AvgIpc) is 2.28.